The second-order valence-electron chi connectivity index (χ2n) is 16.1. The van der Waals surface area contributed by atoms with Crippen molar-refractivity contribution in [2.45, 2.75) is 26.9 Å². The van der Waals surface area contributed by atoms with Gasteiger partial charge in [0.2, 0.25) is 0 Å². The maximum absolute atomic E-state index is 2.51. The van der Waals surface area contributed by atoms with Crippen molar-refractivity contribution >= 4 is 75.9 Å². The number of aryl methyl sites for hydroxylation is 2. The van der Waals surface area contributed by atoms with Crippen molar-refractivity contribution in [2.24, 2.45) is 0 Å². The zero-order valence-electron chi connectivity index (χ0n) is 33.8. The third-order valence-corrected chi connectivity index (χ3v) is 13.1. The lowest BCUT2D eigenvalue weighted by Gasteiger charge is -2.20. The van der Waals surface area contributed by atoms with Crippen LogP contribution in [0.2, 0.25) is 0 Å². The van der Waals surface area contributed by atoms with Crippen LogP contribution < -0.4 is 0 Å². The van der Waals surface area contributed by atoms with Gasteiger partial charge >= 0.3 is 0 Å². The molecular formula is C58H42N2. The Bertz CT molecular complexity index is 3500. The highest BCUT2D eigenvalue weighted by molar-refractivity contribution is 6.24. The average molecular weight is 767 g/mol. The van der Waals surface area contributed by atoms with Crippen molar-refractivity contribution in [3.63, 3.8) is 0 Å². The number of nitrogens with zero attached hydrogens (tertiary/aromatic N) is 2. The molecule has 0 aliphatic carbocycles. The number of hydrogen-bond acceptors (Lipinski definition) is 0. The van der Waals surface area contributed by atoms with Gasteiger partial charge in [-0.25, -0.2) is 0 Å². The van der Waals surface area contributed by atoms with Crippen molar-refractivity contribution in [3.8, 4) is 44.5 Å². The van der Waals surface area contributed by atoms with Gasteiger partial charge in [-0.15, -0.1) is 0 Å². The van der Waals surface area contributed by atoms with E-state index < -0.39 is 0 Å². The predicted molar refractivity (Wildman–Crippen MR) is 258 cm³/mol. The Hall–Kier alpha value is -7.42. The molecule has 0 aliphatic heterocycles. The highest BCUT2D eigenvalue weighted by Crippen LogP contribution is 2.48. The normalized spacial score (nSPS) is 12.0. The second-order valence-corrected chi connectivity index (χ2v) is 16.1. The molecule has 0 saturated carbocycles. The van der Waals surface area contributed by atoms with Crippen molar-refractivity contribution in [2.75, 3.05) is 0 Å². The number of rotatable bonds is 6. The fraction of sp³-hybridized carbons (Fsp3) is 0.0690. The van der Waals surface area contributed by atoms with Crippen LogP contribution >= 0.6 is 0 Å². The summed E-state index contributed by atoms with van der Waals surface area (Å²) in [5, 5.41) is 12.7. The van der Waals surface area contributed by atoms with Gasteiger partial charge in [-0.05, 0) is 104 Å². The Morgan fingerprint density at radius 3 is 1.33 bits per heavy atom. The summed E-state index contributed by atoms with van der Waals surface area (Å²) in [7, 11) is 0. The molecule has 2 heteroatoms. The molecule has 0 aliphatic rings. The van der Waals surface area contributed by atoms with E-state index in [1.165, 1.54) is 120 Å². The maximum atomic E-state index is 2.51. The molecule has 0 saturated heterocycles. The monoisotopic (exact) mass is 766 g/mol. The van der Waals surface area contributed by atoms with Gasteiger partial charge in [-0.1, -0.05) is 170 Å². The molecule has 10 aromatic carbocycles. The summed E-state index contributed by atoms with van der Waals surface area (Å²) >= 11 is 0. The molecule has 0 unspecified atom stereocenters. The van der Waals surface area contributed by atoms with E-state index in [-0.39, 0.29) is 0 Å². The quantitative estimate of drug-likeness (QED) is 0.149. The van der Waals surface area contributed by atoms with Gasteiger partial charge < -0.3 is 9.13 Å². The van der Waals surface area contributed by atoms with E-state index >= 15 is 0 Å². The summed E-state index contributed by atoms with van der Waals surface area (Å²) in [5.41, 5.74) is 15.1. The Morgan fingerprint density at radius 2 is 0.767 bits per heavy atom. The summed E-state index contributed by atoms with van der Waals surface area (Å²) < 4.78 is 5.01. The SMILES string of the molecule is CCn1c2ccccc2c2cccc(-c3cccc4c(-c5cccc6ccc(-c7ccccc7)cc56)c5cccc(-c6cccc7c8ccccc8n(CC)c67)c5cc34)c21. The Kier molecular flexibility index (Phi) is 7.83. The van der Waals surface area contributed by atoms with Gasteiger partial charge in [0.25, 0.3) is 0 Å². The van der Waals surface area contributed by atoms with Crippen LogP contribution in [0, 0.1) is 0 Å². The van der Waals surface area contributed by atoms with Crippen molar-refractivity contribution in [1.82, 2.24) is 9.13 Å². The lowest BCUT2D eigenvalue weighted by atomic mass is 9.84. The van der Waals surface area contributed by atoms with Crippen LogP contribution in [0.4, 0.5) is 0 Å². The highest BCUT2D eigenvalue weighted by Gasteiger charge is 2.22. The van der Waals surface area contributed by atoms with Crippen LogP contribution in [0.1, 0.15) is 13.8 Å². The van der Waals surface area contributed by atoms with Crippen LogP contribution in [-0.4, -0.2) is 9.13 Å². The zero-order valence-corrected chi connectivity index (χ0v) is 33.8. The summed E-state index contributed by atoms with van der Waals surface area (Å²) in [6.45, 7) is 6.31. The summed E-state index contributed by atoms with van der Waals surface area (Å²) in [6, 6.07) is 72.5. The topological polar surface area (TPSA) is 9.86 Å². The molecule has 0 spiro atoms. The number of hydrogen-bond donors (Lipinski definition) is 0. The number of benzene rings is 10. The molecule has 2 aromatic heterocycles. The Labute approximate surface area is 349 Å². The van der Waals surface area contributed by atoms with Crippen LogP contribution in [0.15, 0.2) is 194 Å². The first-order valence-corrected chi connectivity index (χ1v) is 21.3. The molecule has 0 fully saturated rings. The van der Waals surface area contributed by atoms with Gasteiger partial charge in [0.05, 0.1) is 11.0 Å². The van der Waals surface area contributed by atoms with Gasteiger partial charge in [0.15, 0.2) is 0 Å². The minimum Gasteiger partial charge on any atom is -0.340 e. The van der Waals surface area contributed by atoms with E-state index in [4.69, 9.17) is 0 Å². The molecule has 12 aromatic rings. The predicted octanol–water partition coefficient (Wildman–Crippen LogP) is 16.1. The van der Waals surface area contributed by atoms with Gasteiger partial charge in [-0.3, -0.25) is 0 Å². The van der Waals surface area contributed by atoms with Gasteiger partial charge in [0.1, 0.15) is 0 Å². The fourth-order valence-corrected chi connectivity index (χ4v) is 10.5. The molecule has 2 heterocycles. The minimum atomic E-state index is 0.888. The van der Waals surface area contributed by atoms with E-state index in [0.717, 1.165) is 13.1 Å². The maximum Gasteiger partial charge on any atom is 0.0571 e. The Morgan fingerprint density at radius 1 is 0.300 bits per heavy atom. The van der Waals surface area contributed by atoms with E-state index in [2.05, 4.69) is 217 Å². The van der Waals surface area contributed by atoms with Crippen molar-refractivity contribution < 1.29 is 0 Å². The van der Waals surface area contributed by atoms with Crippen LogP contribution in [0.5, 0.6) is 0 Å². The molecule has 0 atom stereocenters. The molecule has 0 radical (unpaired) electrons. The van der Waals surface area contributed by atoms with Gasteiger partial charge in [0, 0.05) is 56.8 Å². The molecule has 2 nitrogen and oxygen atoms in total. The van der Waals surface area contributed by atoms with E-state index in [1.54, 1.807) is 0 Å². The van der Waals surface area contributed by atoms with Crippen LogP contribution in [0.25, 0.3) is 120 Å². The molecule has 60 heavy (non-hydrogen) atoms. The lowest BCUT2D eigenvalue weighted by Crippen LogP contribution is -1.97. The zero-order chi connectivity index (χ0) is 39.9. The second kappa shape index (κ2) is 13.6. The van der Waals surface area contributed by atoms with E-state index in [1.807, 2.05) is 0 Å². The molecule has 284 valence electrons. The first kappa shape index (κ1) is 34.6. The molecule has 12 rings (SSSR count). The fourth-order valence-electron chi connectivity index (χ4n) is 10.5. The summed E-state index contributed by atoms with van der Waals surface area (Å²) in [5.74, 6) is 0. The third kappa shape index (κ3) is 5.01. The molecule has 0 amide bonds. The van der Waals surface area contributed by atoms with E-state index in [0.29, 0.717) is 0 Å². The van der Waals surface area contributed by atoms with Crippen LogP contribution in [-0.2, 0) is 13.1 Å². The van der Waals surface area contributed by atoms with E-state index in [9.17, 15) is 0 Å². The first-order valence-electron chi connectivity index (χ1n) is 21.3. The first-order chi connectivity index (χ1) is 29.7. The van der Waals surface area contributed by atoms with Crippen LogP contribution in [0.3, 0.4) is 0 Å². The lowest BCUT2D eigenvalue weighted by molar-refractivity contribution is 0.828. The van der Waals surface area contributed by atoms with Crippen molar-refractivity contribution in [1.29, 1.82) is 0 Å². The number of para-hydroxylation sites is 4. The summed E-state index contributed by atoms with van der Waals surface area (Å²) in [6.07, 6.45) is 0. The van der Waals surface area contributed by atoms with Gasteiger partial charge in [-0.2, -0.15) is 0 Å². The highest BCUT2D eigenvalue weighted by atomic mass is 15.0. The minimum absolute atomic E-state index is 0.888. The molecule has 0 bridgehead atoms. The smallest absolute Gasteiger partial charge is 0.0571 e. The standard InChI is InChI=1S/C58H42N2/c1-3-59-54-31-10-8-20-42(54)49-29-15-27-47(57(49)59)40-22-13-25-45-52(40)36-53-41(48-28-16-30-50-43-21-9-11-32-55(43)60(4-2)58(48)50)23-14-26-46(53)56(45)44-24-12-19-38-33-34-39(35-51(38)44)37-17-6-5-7-18-37/h5-36H,3-4H2,1-2H3. The molecular weight excluding hydrogens is 725 g/mol. The number of fused-ring (bicyclic) bond motifs is 9. The largest absolute Gasteiger partial charge is 0.340 e. The van der Waals surface area contributed by atoms with Crippen molar-refractivity contribution in [3.05, 3.63) is 194 Å². The Balaban J connectivity index is 1.24. The number of aromatic nitrogens is 2. The third-order valence-electron chi connectivity index (χ3n) is 13.1. The average Bonchev–Trinajstić information content (AvgIpc) is 3.83. The molecule has 0 N–H and O–H groups in total. The summed E-state index contributed by atoms with van der Waals surface area (Å²) in [4.78, 5) is 0.